The Hall–Kier alpha value is -1.41. The van der Waals surface area contributed by atoms with E-state index in [1.807, 2.05) is 30.7 Å². The van der Waals surface area contributed by atoms with Gasteiger partial charge in [0.25, 0.3) is 0 Å². The Morgan fingerprint density at radius 3 is 2.67 bits per heavy atom. The summed E-state index contributed by atoms with van der Waals surface area (Å²) in [5, 5.41) is 9.38. The van der Waals surface area contributed by atoms with Gasteiger partial charge in [0, 0.05) is 23.2 Å². The van der Waals surface area contributed by atoms with Crippen LogP contribution in [0.15, 0.2) is 30.5 Å². The van der Waals surface area contributed by atoms with E-state index in [1.165, 1.54) is 17.5 Å². The molecule has 2 N–H and O–H groups in total. The number of sulfonamides is 1. The van der Waals surface area contributed by atoms with Crippen LogP contribution < -0.4 is 10.0 Å². The standard InChI is InChI=1S/C22H31ClN4O2S/c1-16(2)15-30(28,29)25-12-13-27-14-17-8-11-24-21(20(17)26-27)22(9-3-10-22)18-4-6-19(23)7-5-18/h4-7,14,16,21,24-25H,3,8-13,15H2,1-2H3. The molecule has 164 valence electrons. The number of nitrogens with zero attached hydrogens (tertiary/aromatic N) is 2. The number of aromatic nitrogens is 2. The van der Waals surface area contributed by atoms with Crippen LogP contribution in [0.3, 0.4) is 0 Å². The Morgan fingerprint density at radius 1 is 1.30 bits per heavy atom. The third-order valence-electron chi connectivity index (χ3n) is 6.32. The summed E-state index contributed by atoms with van der Waals surface area (Å²) in [6.45, 7) is 5.64. The molecule has 8 heteroatoms. The molecule has 1 atom stereocenters. The molecule has 4 rings (SSSR count). The highest BCUT2D eigenvalue weighted by Crippen LogP contribution is 2.53. The quantitative estimate of drug-likeness (QED) is 0.646. The summed E-state index contributed by atoms with van der Waals surface area (Å²) in [6, 6.07) is 8.43. The summed E-state index contributed by atoms with van der Waals surface area (Å²) in [6.07, 6.45) is 6.52. The van der Waals surface area contributed by atoms with Gasteiger partial charge in [0.2, 0.25) is 10.0 Å². The SMILES string of the molecule is CC(C)CS(=O)(=O)NCCn1cc2c(n1)C(C1(c3ccc(Cl)cc3)CCC1)NCC2. The third-order valence-corrected chi connectivity index (χ3v) is 8.32. The molecule has 0 amide bonds. The molecule has 6 nitrogen and oxygen atoms in total. The van der Waals surface area contributed by atoms with E-state index < -0.39 is 10.0 Å². The van der Waals surface area contributed by atoms with Gasteiger partial charge in [-0.25, -0.2) is 13.1 Å². The minimum atomic E-state index is -3.24. The number of fused-ring (bicyclic) bond motifs is 1. The van der Waals surface area contributed by atoms with Crippen LogP contribution in [0, 0.1) is 5.92 Å². The molecule has 0 bridgehead atoms. The lowest BCUT2D eigenvalue weighted by Crippen LogP contribution is -2.49. The van der Waals surface area contributed by atoms with Crippen molar-refractivity contribution in [1.82, 2.24) is 19.8 Å². The van der Waals surface area contributed by atoms with Crippen molar-refractivity contribution in [3.05, 3.63) is 52.3 Å². The molecule has 0 saturated heterocycles. The van der Waals surface area contributed by atoms with Crippen molar-refractivity contribution >= 4 is 21.6 Å². The Balaban J connectivity index is 1.51. The van der Waals surface area contributed by atoms with Gasteiger partial charge in [0.05, 0.1) is 24.0 Å². The fraction of sp³-hybridized carbons (Fsp3) is 0.591. The predicted octanol–water partition coefficient (Wildman–Crippen LogP) is 3.42. The lowest BCUT2D eigenvalue weighted by molar-refractivity contribution is 0.161. The van der Waals surface area contributed by atoms with E-state index >= 15 is 0 Å². The molecule has 30 heavy (non-hydrogen) atoms. The molecule has 2 heterocycles. The average molecular weight is 451 g/mol. The first-order chi connectivity index (χ1) is 14.3. The Kier molecular flexibility index (Phi) is 6.26. The topological polar surface area (TPSA) is 76.0 Å². The van der Waals surface area contributed by atoms with Crippen LogP contribution >= 0.6 is 11.6 Å². The van der Waals surface area contributed by atoms with Gasteiger partial charge in [0.15, 0.2) is 0 Å². The van der Waals surface area contributed by atoms with Crippen molar-refractivity contribution in [2.75, 3.05) is 18.8 Å². The van der Waals surface area contributed by atoms with Gasteiger partial charge in [-0.2, -0.15) is 5.10 Å². The fourth-order valence-corrected chi connectivity index (χ4v) is 6.35. The number of benzene rings is 1. The maximum atomic E-state index is 12.1. The van der Waals surface area contributed by atoms with E-state index in [9.17, 15) is 8.42 Å². The summed E-state index contributed by atoms with van der Waals surface area (Å²) >= 11 is 6.12. The van der Waals surface area contributed by atoms with Crippen LogP contribution in [0.1, 0.15) is 56.0 Å². The minimum Gasteiger partial charge on any atom is -0.307 e. The second-order valence-corrected chi connectivity index (χ2v) is 11.3. The van der Waals surface area contributed by atoms with Crippen molar-refractivity contribution in [2.24, 2.45) is 5.92 Å². The lowest BCUT2D eigenvalue weighted by atomic mass is 9.58. The number of rotatable bonds is 8. The third kappa shape index (κ3) is 4.44. The summed E-state index contributed by atoms with van der Waals surface area (Å²) in [5.74, 6) is 0.260. The molecular weight excluding hydrogens is 420 g/mol. The van der Waals surface area contributed by atoms with Gasteiger partial charge in [-0.05, 0) is 55.0 Å². The highest BCUT2D eigenvalue weighted by atomic mass is 35.5. The number of nitrogens with one attached hydrogen (secondary N) is 2. The normalized spacial score (nSPS) is 20.7. The summed E-state index contributed by atoms with van der Waals surface area (Å²) in [5.41, 5.74) is 3.75. The van der Waals surface area contributed by atoms with Crippen LogP contribution in [-0.4, -0.2) is 37.0 Å². The van der Waals surface area contributed by atoms with Crippen molar-refractivity contribution in [2.45, 2.75) is 57.5 Å². The Bertz CT molecular complexity index is 981. The minimum absolute atomic E-state index is 0.0534. The lowest BCUT2D eigenvalue weighted by Gasteiger charge is -2.49. The van der Waals surface area contributed by atoms with Crippen molar-refractivity contribution in [3.63, 3.8) is 0 Å². The molecule has 2 aliphatic rings. The van der Waals surface area contributed by atoms with E-state index in [4.69, 9.17) is 16.7 Å². The molecule has 1 aliphatic heterocycles. The van der Waals surface area contributed by atoms with E-state index in [0.29, 0.717) is 13.1 Å². The summed E-state index contributed by atoms with van der Waals surface area (Å²) in [4.78, 5) is 0. The molecule has 0 radical (unpaired) electrons. The maximum absolute atomic E-state index is 12.1. The van der Waals surface area contributed by atoms with Gasteiger partial charge in [-0.3, -0.25) is 4.68 Å². The van der Waals surface area contributed by atoms with Gasteiger partial charge >= 0.3 is 0 Å². The number of hydrogen-bond acceptors (Lipinski definition) is 4. The second kappa shape index (κ2) is 8.61. The van der Waals surface area contributed by atoms with E-state index in [2.05, 4.69) is 28.4 Å². The zero-order valence-corrected chi connectivity index (χ0v) is 19.3. The summed E-state index contributed by atoms with van der Waals surface area (Å²) < 4.78 is 28.7. The van der Waals surface area contributed by atoms with Crippen molar-refractivity contribution in [3.8, 4) is 0 Å². The average Bonchev–Trinajstić information content (AvgIpc) is 3.04. The summed E-state index contributed by atoms with van der Waals surface area (Å²) in [7, 11) is -3.24. The number of hydrogen-bond donors (Lipinski definition) is 2. The molecular formula is C22H31ClN4O2S. The number of halogens is 1. The van der Waals surface area contributed by atoms with Crippen LogP contribution in [0.25, 0.3) is 0 Å². The van der Waals surface area contributed by atoms with Crippen LogP contribution in [-0.2, 0) is 28.4 Å². The van der Waals surface area contributed by atoms with Gasteiger partial charge in [0.1, 0.15) is 0 Å². The first-order valence-corrected chi connectivity index (χ1v) is 12.9. The van der Waals surface area contributed by atoms with Gasteiger partial charge in [-0.1, -0.05) is 44.0 Å². The maximum Gasteiger partial charge on any atom is 0.211 e. The van der Waals surface area contributed by atoms with Crippen LogP contribution in [0.4, 0.5) is 0 Å². The van der Waals surface area contributed by atoms with Gasteiger partial charge in [-0.15, -0.1) is 0 Å². The zero-order chi connectivity index (χ0) is 21.4. The highest BCUT2D eigenvalue weighted by Gasteiger charge is 2.48. The van der Waals surface area contributed by atoms with Gasteiger partial charge < -0.3 is 5.32 Å². The molecule has 0 spiro atoms. The zero-order valence-electron chi connectivity index (χ0n) is 17.7. The highest BCUT2D eigenvalue weighted by molar-refractivity contribution is 7.89. The Labute approximate surface area is 184 Å². The van der Waals surface area contributed by atoms with Crippen LogP contribution in [0.5, 0.6) is 0 Å². The molecule has 1 aliphatic carbocycles. The van der Waals surface area contributed by atoms with Crippen molar-refractivity contribution in [1.29, 1.82) is 0 Å². The molecule has 2 aromatic rings. The first kappa shape index (κ1) is 21.8. The monoisotopic (exact) mass is 450 g/mol. The molecule has 1 aromatic heterocycles. The van der Waals surface area contributed by atoms with E-state index in [1.54, 1.807) is 0 Å². The van der Waals surface area contributed by atoms with E-state index in [-0.39, 0.29) is 23.1 Å². The fourth-order valence-electron chi connectivity index (χ4n) is 4.83. The molecule has 1 fully saturated rings. The molecule has 1 unspecified atom stereocenters. The molecule has 1 aromatic carbocycles. The second-order valence-electron chi connectivity index (χ2n) is 9.03. The van der Waals surface area contributed by atoms with Crippen LogP contribution in [0.2, 0.25) is 5.02 Å². The predicted molar refractivity (Wildman–Crippen MR) is 120 cm³/mol. The Morgan fingerprint density at radius 2 is 2.03 bits per heavy atom. The largest absolute Gasteiger partial charge is 0.307 e. The van der Waals surface area contributed by atoms with Crippen molar-refractivity contribution < 1.29 is 8.42 Å². The smallest absolute Gasteiger partial charge is 0.211 e. The van der Waals surface area contributed by atoms with E-state index in [0.717, 1.165) is 36.5 Å². The first-order valence-electron chi connectivity index (χ1n) is 10.8. The molecule has 1 saturated carbocycles.